The van der Waals surface area contributed by atoms with Gasteiger partial charge in [0.1, 0.15) is 6.61 Å². The number of carbonyl (C=O) groups is 2. The molecule has 0 bridgehead atoms. The third kappa shape index (κ3) is 20.9. The Bertz CT molecular complexity index is 396. The first-order valence-electron chi connectivity index (χ1n) is 10.3. The van der Waals surface area contributed by atoms with Gasteiger partial charge < -0.3 is 23.7 Å². The Morgan fingerprint density at radius 1 is 0.786 bits per heavy atom. The first-order valence-corrected chi connectivity index (χ1v) is 10.3. The monoisotopic (exact) mass is 402 g/mol. The molecule has 0 amide bonds. The molecule has 0 aromatic heterocycles. The molecule has 7 nitrogen and oxygen atoms in total. The van der Waals surface area contributed by atoms with Crippen LogP contribution in [0.2, 0.25) is 0 Å². The maximum Gasteiger partial charge on any atom is 0.344 e. The van der Waals surface area contributed by atoms with Crippen LogP contribution in [0.15, 0.2) is 12.3 Å². The fourth-order valence-electron chi connectivity index (χ4n) is 2.30. The molecule has 0 heterocycles. The molecule has 0 unspecified atom stereocenters. The van der Waals surface area contributed by atoms with E-state index < -0.39 is 5.97 Å². The standard InChI is InChI=1S/C21H38O7/c1-3-4-5-6-7-8-9-10-20(22)11-12-27-19-21(23)28-18-17-26-16-15-25-14-13-24-2/h11-12H,3-10,13-19H2,1-2H3/b12-11-. The fourth-order valence-corrected chi connectivity index (χ4v) is 2.30. The number of carbonyl (C=O) groups excluding carboxylic acids is 2. The Morgan fingerprint density at radius 3 is 2.07 bits per heavy atom. The number of unbranched alkanes of at least 4 members (excludes halogenated alkanes) is 6. The Morgan fingerprint density at radius 2 is 1.39 bits per heavy atom. The number of esters is 1. The highest BCUT2D eigenvalue weighted by Gasteiger charge is 2.02. The molecule has 0 spiro atoms. The average Bonchev–Trinajstić information content (AvgIpc) is 2.69. The maximum absolute atomic E-state index is 11.7. The highest BCUT2D eigenvalue weighted by atomic mass is 16.6. The molecular weight excluding hydrogens is 364 g/mol. The maximum atomic E-state index is 11.7. The summed E-state index contributed by atoms with van der Waals surface area (Å²) in [5.41, 5.74) is 0. The highest BCUT2D eigenvalue weighted by molar-refractivity contribution is 5.89. The van der Waals surface area contributed by atoms with Crippen LogP contribution in [-0.2, 0) is 33.3 Å². The highest BCUT2D eigenvalue weighted by Crippen LogP contribution is 2.08. The van der Waals surface area contributed by atoms with Crippen molar-refractivity contribution in [3.63, 3.8) is 0 Å². The van der Waals surface area contributed by atoms with E-state index in [1.54, 1.807) is 7.11 Å². The van der Waals surface area contributed by atoms with Crippen LogP contribution < -0.4 is 0 Å². The van der Waals surface area contributed by atoms with Crippen molar-refractivity contribution in [1.82, 2.24) is 0 Å². The molecule has 0 N–H and O–H groups in total. The molecule has 0 aromatic carbocycles. The van der Waals surface area contributed by atoms with Crippen LogP contribution in [0.4, 0.5) is 0 Å². The lowest BCUT2D eigenvalue weighted by Gasteiger charge is -2.06. The van der Waals surface area contributed by atoms with E-state index in [0.29, 0.717) is 39.5 Å². The molecule has 0 fully saturated rings. The Hall–Kier alpha value is -1.44. The minimum absolute atomic E-state index is 0.0167. The number of hydrogen-bond acceptors (Lipinski definition) is 7. The molecule has 0 atom stereocenters. The smallest absolute Gasteiger partial charge is 0.344 e. The third-order valence-corrected chi connectivity index (χ3v) is 3.87. The van der Waals surface area contributed by atoms with Crippen molar-refractivity contribution < 1.29 is 33.3 Å². The SMILES string of the molecule is CCCCCCCCCC(=O)/C=C\OCC(=O)OCCOCCOCCOC. The molecule has 0 saturated heterocycles. The Balaban J connectivity index is 3.41. The summed E-state index contributed by atoms with van der Waals surface area (Å²) in [5, 5.41) is 0. The van der Waals surface area contributed by atoms with Gasteiger partial charge in [-0.05, 0) is 6.42 Å². The van der Waals surface area contributed by atoms with Crippen molar-refractivity contribution in [2.45, 2.75) is 58.3 Å². The largest absolute Gasteiger partial charge is 0.489 e. The summed E-state index contributed by atoms with van der Waals surface area (Å²) < 4.78 is 25.3. The van der Waals surface area contributed by atoms with Gasteiger partial charge in [0, 0.05) is 19.6 Å². The average molecular weight is 403 g/mol. The van der Waals surface area contributed by atoms with Gasteiger partial charge in [-0.25, -0.2) is 4.79 Å². The zero-order valence-electron chi connectivity index (χ0n) is 17.6. The second kappa shape index (κ2) is 21.9. The number of ketones is 1. The van der Waals surface area contributed by atoms with Gasteiger partial charge in [0.25, 0.3) is 0 Å². The van der Waals surface area contributed by atoms with Crippen LogP contribution in [0, 0.1) is 0 Å². The number of allylic oxidation sites excluding steroid dienone is 1. The normalized spacial score (nSPS) is 11.1. The number of rotatable bonds is 21. The quantitative estimate of drug-likeness (QED) is 0.126. The molecule has 0 saturated carbocycles. The van der Waals surface area contributed by atoms with Crippen LogP contribution in [0.3, 0.4) is 0 Å². The van der Waals surface area contributed by atoms with Crippen LogP contribution in [0.1, 0.15) is 58.3 Å². The third-order valence-electron chi connectivity index (χ3n) is 3.87. The van der Waals surface area contributed by atoms with Crippen LogP contribution in [-0.4, -0.2) is 65.1 Å². The van der Waals surface area contributed by atoms with E-state index in [-0.39, 0.29) is 19.0 Å². The predicted octanol–water partition coefficient (Wildman–Crippen LogP) is 3.45. The summed E-state index contributed by atoms with van der Waals surface area (Å²) in [4.78, 5) is 23.1. The lowest BCUT2D eigenvalue weighted by molar-refractivity contribution is -0.148. The molecular formula is C21H38O7. The zero-order chi connectivity index (χ0) is 20.7. The Kier molecular flexibility index (Phi) is 20.7. The van der Waals surface area contributed by atoms with Gasteiger partial charge in [0.05, 0.1) is 39.3 Å². The first-order chi connectivity index (χ1) is 13.7. The molecule has 0 radical (unpaired) electrons. The molecule has 0 aliphatic rings. The van der Waals surface area contributed by atoms with Gasteiger partial charge in [-0.3, -0.25) is 4.79 Å². The minimum Gasteiger partial charge on any atom is -0.489 e. The minimum atomic E-state index is -0.496. The second-order valence-electron chi connectivity index (χ2n) is 6.39. The lowest BCUT2D eigenvalue weighted by Crippen LogP contribution is -2.16. The van der Waals surface area contributed by atoms with Crippen LogP contribution in [0.5, 0.6) is 0 Å². The van der Waals surface area contributed by atoms with Crippen molar-refractivity contribution >= 4 is 11.8 Å². The summed E-state index contributed by atoms with van der Waals surface area (Å²) >= 11 is 0. The van der Waals surface area contributed by atoms with E-state index in [1.807, 2.05) is 0 Å². The number of ether oxygens (including phenoxy) is 5. The summed E-state index contributed by atoms with van der Waals surface area (Å²) in [6, 6.07) is 0. The number of methoxy groups -OCH3 is 1. The van der Waals surface area contributed by atoms with Gasteiger partial charge in [-0.1, -0.05) is 45.4 Å². The summed E-state index contributed by atoms with van der Waals surface area (Å²) in [6.07, 6.45) is 11.4. The topological polar surface area (TPSA) is 80.3 Å². The van der Waals surface area contributed by atoms with E-state index in [4.69, 9.17) is 23.7 Å². The van der Waals surface area contributed by atoms with Gasteiger partial charge in [0.15, 0.2) is 12.4 Å². The molecule has 28 heavy (non-hydrogen) atoms. The Labute approximate surface area is 169 Å². The van der Waals surface area contributed by atoms with Gasteiger partial charge >= 0.3 is 5.97 Å². The number of hydrogen-bond donors (Lipinski definition) is 0. The molecule has 164 valence electrons. The summed E-state index contributed by atoms with van der Waals surface area (Å²) in [5.74, 6) is -0.479. The van der Waals surface area contributed by atoms with E-state index in [1.165, 1.54) is 44.4 Å². The van der Waals surface area contributed by atoms with Crippen molar-refractivity contribution in [1.29, 1.82) is 0 Å². The van der Waals surface area contributed by atoms with E-state index >= 15 is 0 Å². The van der Waals surface area contributed by atoms with Gasteiger partial charge in [0.2, 0.25) is 0 Å². The van der Waals surface area contributed by atoms with Gasteiger partial charge in [-0.2, -0.15) is 0 Å². The fraction of sp³-hybridized carbons (Fsp3) is 0.810. The molecule has 0 rings (SSSR count). The van der Waals surface area contributed by atoms with E-state index in [9.17, 15) is 9.59 Å². The van der Waals surface area contributed by atoms with Crippen molar-refractivity contribution in [3.05, 3.63) is 12.3 Å². The summed E-state index contributed by atoms with van der Waals surface area (Å²) in [6.45, 7) is 4.41. The lowest BCUT2D eigenvalue weighted by atomic mass is 10.1. The molecule has 0 aliphatic carbocycles. The van der Waals surface area contributed by atoms with Crippen molar-refractivity contribution in [3.8, 4) is 0 Å². The van der Waals surface area contributed by atoms with E-state index in [0.717, 1.165) is 12.8 Å². The predicted molar refractivity (Wildman–Crippen MR) is 107 cm³/mol. The first kappa shape index (κ1) is 26.6. The zero-order valence-corrected chi connectivity index (χ0v) is 17.6. The summed E-state index contributed by atoms with van der Waals surface area (Å²) in [7, 11) is 1.61. The molecule has 0 aliphatic heterocycles. The van der Waals surface area contributed by atoms with Gasteiger partial charge in [-0.15, -0.1) is 0 Å². The molecule has 7 heteroatoms. The second-order valence-corrected chi connectivity index (χ2v) is 6.39. The van der Waals surface area contributed by atoms with Crippen molar-refractivity contribution in [2.24, 2.45) is 0 Å². The van der Waals surface area contributed by atoms with Crippen LogP contribution >= 0.6 is 0 Å². The van der Waals surface area contributed by atoms with Crippen LogP contribution in [0.25, 0.3) is 0 Å². The van der Waals surface area contributed by atoms with Crippen molar-refractivity contribution in [2.75, 3.05) is 53.4 Å². The van der Waals surface area contributed by atoms with E-state index in [2.05, 4.69) is 6.92 Å². The molecule has 0 aromatic rings.